The Labute approximate surface area is 297 Å². The Balaban J connectivity index is 1.16. The molecule has 51 heavy (non-hydrogen) atoms. The van der Waals surface area contributed by atoms with Gasteiger partial charge in [0, 0.05) is 33.4 Å². The maximum Gasteiger partial charge on any atom is 0.160 e. The van der Waals surface area contributed by atoms with Crippen molar-refractivity contribution in [2.45, 2.75) is 12.8 Å². The van der Waals surface area contributed by atoms with Crippen LogP contribution in [0.15, 0.2) is 186 Å². The van der Waals surface area contributed by atoms with E-state index in [-0.39, 0.29) is 5.92 Å². The number of aromatic nitrogens is 2. The summed E-state index contributed by atoms with van der Waals surface area (Å²) in [6, 6.07) is 63.7. The van der Waals surface area contributed by atoms with E-state index < -0.39 is 0 Å². The highest BCUT2D eigenvalue weighted by Crippen LogP contribution is 2.41. The molecule has 3 heteroatoms. The van der Waals surface area contributed by atoms with E-state index in [4.69, 9.17) is 14.4 Å². The second-order valence-corrected chi connectivity index (χ2v) is 13.0. The van der Waals surface area contributed by atoms with Gasteiger partial charge in [0.15, 0.2) is 5.82 Å². The van der Waals surface area contributed by atoms with Crippen molar-refractivity contribution in [3.8, 4) is 56.2 Å². The van der Waals surface area contributed by atoms with Gasteiger partial charge in [-0.05, 0) is 57.6 Å². The highest BCUT2D eigenvalue weighted by atomic mass is 16.3. The Kier molecular flexibility index (Phi) is 7.79. The van der Waals surface area contributed by atoms with E-state index in [0.29, 0.717) is 5.82 Å². The summed E-state index contributed by atoms with van der Waals surface area (Å²) in [5.74, 6) is 0.886. The number of hydrogen-bond donors (Lipinski definition) is 0. The molecule has 0 bridgehead atoms. The third-order valence-corrected chi connectivity index (χ3v) is 9.82. The Hall–Kier alpha value is -6.58. The molecule has 0 aliphatic carbocycles. The molecule has 0 fully saturated rings. The number of hydrogen-bond acceptors (Lipinski definition) is 3. The summed E-state index contributed by atoms with van der Waals surface area (Å²) in [6.07, 6.45) is 0. The molecule has 0 radical (unpaired) electrons. The number of nitrogens with zero attached hydrogens (tertiary/aromatic N) is 2. The van der Waals surface area contributed by atoms with Crippen molar-refractivity contribution in [2.75, 3.05) is 0 Å². The molecule has 7 aromatic carbocycles. The number of fused-ring (bicyclic) bond motifs is 3. The van der Waals surface area contributed by atoms with Gasteiger partial charge in [-0.3, -0.25) is 0 Å². The number of rotatable bonds is 7. The first-order valence-corrected chi connectivity index (χ1v) is 17.4. The van der Waals surface area contributed by atoms with Gasteiger partial charge in [0.1, 0.15) is 11.2 Å². The van der Waals surface area contributed by atoms with Gasteiger partial charge in [-0.1, -0.05) is 165 Å². The molecular weight excluding hydrogens is 621 g/mol. The van der Waals surface area contributed by atoms with Crippen LogP contribution in [-0.2, 0) is 0 Å². The molecular formula is C48H34N2O. The fraction of sp³-hybridized carbons (Fsp3) is 0.0417. The van der Waals surface area contributed by atoms with Crippen molar-refractivity contribution in [1.82, 2.24) is 9.97 Å². The quantitative estimate of drug-likeness (QED) is 0.172. The molecule has 1 atom stereocenters. The summed E-state index contributed by atoms with van der Waals surface area (Å²) in [5.41, 5.74) is 13.6. The Morgan fingerprint density at radius 3 is 1.67 bits per heavy atom. The molecule has 0 aliphatic rings. The molecule has 0 spiro atoms. The summed E-state index contributed by atoms with van der Waals surface area (Å²) >= 11 is 0. The van der Waals surface area contributed by atoms with Crippen LogP contribution in [0.5, 0.6) is 0 Å². The van der Waals surface area contributed by atoms with Gasteiger partial charge in [0.2, 0.25) is 0 Å². The van der Waals surface area contributed by atoms with Crippen LogP contribution in [0.2, 0.25) is 0 Å². The molecule has 2 aromatic heterocycles. The van der Waals surface area contributed by atoms with E-state index in [0.717, 1.165) is 61.1 Å². The van der Waals surface area contributed by atoms with Crippen molar-refractivity contribution in [3.63, 3.8) is 0 Å². The minimum atomic E-state index is 0.231. The lowest BCUT2D eigenvalue weighted by Crippen LogP contribution is -1.97. The van der Waals surface area contributed by atoms with E-state index in [1.807, 2.05) is 48.5 Å². The summed E-state index contributed by atoms with van der Waals surface area (Å²) < 4.78 is 6.52. The third kappa shape index (κ3) is 5.89. The van der Waals surface area contributed by atoms with Gasteiger partial charge >= 0.3 is 0 Å². The molecule has 0 saturated carbocycles. The molecule has 2 heterocycles. The first-order valence-electron chi connectivity index (χ1n) is 17.4. The predicted molar refractivity (Wildman–Crippen MR) is 210 cm³/mol. The zero-order valence-corrected chi connectivity index (χ0v) is 28.2. The van der Waals surface area contributed by atoms with Crippen molar-refractivity contribution in [2.24, 2.45) is 0 Å². The number of benzene rings is 7. The minimum Gasteiger partial charge on any atom is -0.456 e. The van der Waals surface area contributed by atoms with Crippen molar-refractivity contribution < 1.29 is 4.42 Å². The SMILES string of the molecule is C[C@@H](c1ccc(-c2cc(-c3nc(-c4ccccc4)cc(-c4ccccc4)n3)cc3oc4ccccc4c23)cc1)c1cccc(-c2ccccc2)c1. The average Bonchev–Trinajstić information content (AvgIpc) is 3.60. The Morgan fingerprint density at radius 1 is 0.412 bits per heavy atom. The van der Waals surface area contributed by atoms with Gasteiger partial charge in [-0.15, -0.1) is 0 Å². The zero-order valence-electron chi connectivity index (χ0n) is 28.2. The molecule has 0 N–H and O–H groups in total. The van der Waals surface area contributed by atoms with Crippen LogP contribution in [0.3, 0.4) is 0 Å². The highest BCUT2D eigenvalue weighted by molar-refractivity contribution is 6.13. The summed E-state index contributed by atoms with van der Waals surface area (Å²) in [5, 5.41) is 2.18. The van der Waals surface area contributed by atoms with Crippen LogP contribution in [0.4, 0.5) is 0 Å². The van der Waals surface area contributed by atoms with E-state index in [9.17, 15) is 0 Å². The molecule has 9 aromatic rings. The molecule has 242 valence electrons. The van der Waals surface area contributed by atoms with Crippen molar-refractivity contribution in [1.29, 1.82) is 0 Å². The van der Waals surface area contributed by atoms with Gasteiger partial charge in [0.05, 0.1) is 11.4 Å². The lowest BCUT2D eigenvalue weighted by Gasteiger charge is -2.15. The average molecular weight is 655 g/mol. The van der Waals surface area contributed by atoms with Gasteiger partial charge < -0.3 is 4.42 Å². The highest BCUT2D eigenvalue weighted by Gasteiger charge is 2.19. The largest absolute Gasteiger partial charge is 0.456 e. The minimum absolute atomic E-state index is 0.231. The number of furan rings is 1. The standard InChI is InChI=1S/C48H34N2O/c1-32(38-20-13-21-39(28-38)34-14-5-2-6-15-34)33-24-26-35(27-25-33)42-29-40(30-46-47(42)41-22-11-12-23-45(41)51-46)48-49-43(36-16-7-3-8-17-36)31-44(50-48)37-18-9-4-10-19-37/h2-32H,1H3/t32-/m0/s1. The second-order valence-electron chi connectivity index (χ2n) is 13.0. The van der Waals surface area contributed by atoms with E-state index >= 15 is 0 Å². The fourth-order valence-corrected chi connectivity index (χ4v) is 7.06. The zero-order chi connectivity index (χ0) is 34.1. The summed E-state index contributed by atoms with van der Waals surface area (Å²) in [6.45, 7) is 2.28. The summed E-state index contributed by atoms with van der Waals surface area (Å²) in [7, 11) is 0. The first kappa shape index (κ1) is 30.5. The summed E-state index contributed by atoms with van der Waals surface area (Å²) in [4.78, 5) is 10.3. The maximum absolute atomic E-state index is 6.52. The normalized spacial score (nSPS) is 11.9. The van der Waals surface area contributed by atoms with Crippen LogP contribution < -0.4 is 0 Å². The third-order valence-electron chi connectivity index (χ3n) is 9.82. The fourth-order valence-electron chi connectivity index (χ4n) is 7.06. The molecule has 0 aliphatic heterocycles. The monoisotopic (exact) mass is 654 g/mol. The van der Waals surface area contributed by atoms with Crippen LogP contribution in [-0.4, -0.2) is 9.97 Å². The molecule has 0 saturated heterocycles. The van der Waals surface area contributed by atoms with Crippen LogP contribution in [0.25, 0.3) is 78.1 Å². The lowest BCUT2D eigenvalue weighted by molar-refractivity contribution is 0.669. The second kappa shape index (κ2) is 13.0. The predicted octanol–water partition coefficient (Wildman–Crippen LogP) is 12.9. The Bertz CT molecular complexity index is 2570. The van der Waals surface area contributed by atoms with Gasteiger partial charge in [-0.25, -0.2) is 9.97 Å². The van der Waals surface area contributed by atoms with Crippen molar-refractivity contribution >= 4 is 21.9 Å². The smallest absolute Gasteiger partial charge is 0.160 e. The van der Waals surface area contributed by atoms with Crippen LogP contribution in [0.1, 0.15) is 24.0 Å². The maximum atomic E-state index is 6.52. The topological polar surface area (TPSA) is 38.9 Å². The van der Waals surface area contributed by atoms with Crippen LogP contribution in [0, 0.1) is 0 Å². The lowest BCUT2D eigenvalue weighted by atomic mass is 9.89. The van der Waals surface area contributed by atoms with E-state index in [1.165, 1.54) is 22.3 Å². The Morgan fingerprint density at radius 2 is 1.00 bits per heavy atom. The van der Waals surface area contributed by atoms with Gasteiger partial charge in [0.25, 0.3) is 0 Å². The van der Waals surface area contributed by atoms with Crippen LogP contribution >= 0.6 is 0 Å². The van der Waals surface area contributed by atoms with Gasteiger partial charge in [-0.2, -0.15) is 0 Å². The van der Waals surface area contributed by atoms with E-state index in [1.54, 1.807) is 0 Å². The van der Waals surface area contributed by atoms with Crippen molar-refractivity contribution in [3.05, 3.63) is 193 Å². The molecule has 0 amide bonds. The first-order chi connectivity index (χ1) is 25.2. The molecule has 3 nitrogen and oxygen atoms in total. The molecule has 0 unspecified atom stereocenters. The number of para-hydroxylation sites is 1. The van der Waals surface area contributed by atoms with E-state index in [2.05, 4.69) is 140 Å². The molecule has 9 rings (SSSR count).